The summed E-state index contributed by atoms with van der Waals surface area (Å²) < 4.78 is 42.1. The van der Waals surface area contributed by atoms with Crippen molar-refractivity contribution >= 4 is 29.2 Å². The fourth-order valence-corrected chi connectivity index (χ4v) is 2.77. The lowest BCUT2D eigenvalue weighted by molar-refractivity contribution is -0.274. The monoisotopic (exact) mass is 384 g/mol. The minimum Gasteiger partial charge on any atom is -0.406 e. The predicted octanol–water partition coefficient (Wildman–Crippen LogP) is 4.67. The molecular formula is C18H16ClF3N2O2. The maximum Gasteiger partial charge on any atom is 0.573 e. The van der Waals surface area contributed by atoms with Gasteiger partial charge in [0.05, 0.1) is 11.6 Å². The van der Waals surface area contributed by atoms with Crippen molar-refractivity contribution in [2.75, 3.05) is 0 Å². The Bertz CT molecular complexity index is 920. The Morgan fingerprint density at radius 3 is 2.31 bits per heavy atom. The molecule has 0 radical (unpaired) electrons. The number of para-hydroxylation sites is 1. The van der Waals surface area contributed by atoms with Crippen molar-refractivity contribution in [3.05, 3.63) is 65.9 Å². The van der Waals surface area contributed by atoms with Crippen LogP contribution in [0.2, 0.25) is 0 Å². The van der Waals surface area contributed by atoms with E-state index >= 15 is 0 Å². The zero-order chi connectivity index (χ0) is 18.2. The van der Waals surface area contributed by atoms with Gasteiger partial charge in [0.2, 0.25) is 5.91 Å². The Labute approximate surface area is 153 Å². The molecule has 1 aromatic heterocycles. The van der Waals surface area contributed by atoms with Gasteiger partial charge in [0, 0.05) is 18.5 Å². The number of hydrogen-bond donors (Lipinski definition) is 1. The highest BCUT2D eigenvalue weighted by atomic mass is 35.5. The minimum absolute atomic E-state index is 0. The number of halogens is 4. The van der Waals surface area contributed by atoms with E-state index in [2.05, 4.69) is 4.74 Å². The number of alkyl halides is 3. The fraction of sp³-hybridized carbons (Fsp3) is 0.167. The number of hydrogen-bond acceptors (Lipinski definition) is 3. The van der Waals surface area contributed by atoms with Gasteiger partial charge in [-0.2, -0.15) is 0 Å². The molecular weight excluding hydrogens is 369 g/mol. The maximum absolute atomic E-state index is 12.2. The Kier molecular flexibility index (Phi) is 5.63. The van der Waals surface area contributed by atoms with Gasteiger partial charge in [-0.05, 0) is 29.3 Å². The second-order valence-electron chi connectivity index (χ2n) is 5.59. The predicted molar refractivity (Wildman–Crippen MR) is 94.6 cm³/mol. The van der Waals surface area contributed by atoms with Crippen LogP contribution in [-0.2, 0) is 0 Å². The molecule has 8 heteroatoms. The summed E-state index contributed by atoms with van der Waals surface area (Å²) in [6, 6.07) is 12.1. The van der Waals surface area contributed by atoms with E-state index < -0.39 is 12.4 Å². The van der Waals surface area contributed by atoms with E-state index in [1.807, 2.05) is 24.3 Å². The van der Waals surface area contributed by atoms with Gasteiger partial charge in [-0.1, -0.05) is 30.3 Å². The number of fused-ring (bicyclic) bond motifs is 1. The third-order valence-corrected chi connectivity index (χ3v) is 3.89. The lowest BCUT2D eigenvalue weighted by Gasteiger charge is -2.13. The molecule has 0 unspecified atom stereocenters. The number of nitrogens with zero attached hydrogens (tertiary/aromatic N) is 1. The van der Waals surface area contributed by atoms with Crippen LogP contribution < -0.4 is 10.5 Å². The van der Waals surface area contributed by atoms with Crippen LogP contribution in [0.25, 0.3) is 10.9 Å². The first-order valence-electron chi connectivity index (χ1n) is 7.48. The number of nitrogens with two attached hydrogens (primary N) is 1. The average molecular weight is 385 g/mol. The number of aromatic nitrogens is 1. The highest BCUT2D eigenvalue weighted by Crippen LogP contribution is 2.31. The molecule has 0 aliphatic carbocycles. The molecule has 3 aromatic rings. The molecule has 0 spiro atoms. The van der Waals surface area contributed by atoms with Crippen LogP contribution in [0.15, 0.2) is 54.7 Å². The van der Waals surface area contributed by atoms with E-state index in [-0.39, 0.29) is 24.1 Å². The van der Waals surface area contributed by atoms with Gasteiger partial charge in [-0.3, -0.25) is 9.36 Å². The molecule has 2 aromatic carbocycles. The second kappa shape index (κ2) is 7.39. The van der Waals surface area contributed by atoms with E-state index in [1.165, 1.54) is 35.8 Å². The molecule has 2 N–H and O–H groups in total. The summed E-state index contributed by atoms with van der Waals surface area (Å²) in [5.41, 5.74) is 8.35. The second-order valence-corrected chi connectivity index (χ2v) is 5.59. The molecule has 0 saturated heterocycles. The van der Waals surface area contributed by atoms with E-state index in [0.29, 0.717) is 5.56 Å². The third kappa shape index (κ3) is 4.00. The number of benzene rings is 2. The molecule has 1 atom stereocenters. The highest BCUT2D eigenvalue weighted by molar-refractivity contribution is 5.94. The zero-order valence-corrected chi connectivity index (χ0v) is 14.5. The number of ether oxygens (including phenoxy) is 1. The number of carbonyl (C=O) groups is 1. The number of carbonyl (C=O) groups excluding carboxylic acids is 1. The van der Waals surface area contributed by atoms with Crippen molar-refractivity contribution in [1.82, 2.24) is 4.57 Å². The Morgan fingerprint density at radius 1 is 1.12 bits per heavy atom. The first kappa shape index (κ1) is 19.8. The van der Waals surface area contributed by atoms with Gasteiger partial charge in [0.25, 0.3) is 0 Å². The molecule has 1 heterocycles. The Hall–Kier alpha value is -2.51. The smallest absolute Gasteiger partial charge is 0.406 e. The molecule has 26 heavy (non-hydrogen) atoms. The fourth-order valence-electron chi connectivity index (χ4n) is 2.77. The summed E-state index contributed by atoms with van der Waals surface area (Å²) in [7, 11) is 0. The van der Waals surface area contributed by atoms with Gasteiger partial charge < -0.3 is 10.5 Å². The van der Waals surface area contributed by atoms with Crippen molar-refractivity contribution in [1.29, 1.82) is 0 Å². The summed E-state index contributed by atoms with van der Waals surface area (Å²) in [5.74, 6) is -0.460. The van der Waals surface area contributed by atoms with Crippen molar-refractivity contribution in [3.63, 3.8) is 0 Å². The molecule has 3 rings (SSSR count). The van der Waals surface area contributed by atoms with Gasteiger partial charge in [0.1, 0.15) is 5.75 Å². The maximum atomic E-state index is 12.2. The zero-order valence-electron chi connectivity index (χ0n) is 13.7. The quantitative estimate of drug-likeness (QED) is 0.714. The van der Waals surface area contributed by atoms with Gasteiger partial charge in [-0.15, -0.1) is 25.6 Å². The summed E-state index contributed by atoms with van der Waals surface area (Å²) in [4.78, 5) is 11.8. The third-order valence-electron chi connectivity index (χ3n) is 3.89. The molecule has 0 aliphatic rings. The van der Waals surface area contributed by atoms with Gasteiger partial charge in [0.15, 0.2) is 0 Å². The van der Waals surface area contributed by atoms with Crippen molar-refractivity contribution < 1.29 is 22.7 Å². The molecule has 0 amide bonds. The number of rotatable bonds is 3. The van der Waals surface area contributed by atoms with E-state index in [9.17, 15) is 18.0 Å². The summed E-state index contributed by atoms with van der Waals surface area (Å²) in [5, 5.41) is 0.820. The normalized spacial score (nSPS) is 12.5. The lowest BCUT2D eigenvalue weighted by Crippen LogP contribution is -2.17. The van der Waals surface area contributed by atoms with Gasteiger partial charge >= 0.3 is 6.36 Å². The van der Waals surface area contributed by atoms with Crippen LogP contribution in [-0.4, -0.2) is 16.8 Å². The minimum atomic E-state index is -4.74. The van der Waals surface area contributed by atoms with Crippen LogP contribution in [0.5, 0.6) is 5.75 Å². The van der Waals surface area contributed by atoms with Crippen LogP contribution in [0.4, 0.5) is 13.2 Å². The Morgan fingerprint density at radius 2 is 1.73 bits per heavy atom. The summed E-state index contributed by atoms with van der Waals surface area (Å²) >= 11 is 0. The van der Waals surface area contributed by atoms with Crippen molar-refractivity contribution in [3.8, 4) is 5.75 Å². The summed E-state index contributed by atoms with van der Waals surface area (Å²) in [6.07, 6.45) is -3.07. The van der Waals surface area contributed by atoms with Gasteiger partial charge in [-0.25, -0.2) is 0 Å². The van der Waals surface area contributed by atoms with Crippen molar-refractivity contribution in [2.45, 2.75) is 19.3 Å². The van der Waals surface area contributed by atoms with Crippen molar-refractivity contribution in [2.24, 2.45) is 5.73 Å². The largest absolute Gasteiger partial charge is 0.573 e. The Balaban J connectivity index is 0.00000243. The molecule has 0 aliphatic heterocycles. The average Bonchev–Trinajstić information content (AvgIpc) is 2.93. The molecule has 4 nitrogen and oxygen atoms in total. The first-order chi connectivity index (χ1) is 11.8. The molecule has 138 valence electrons. The van der Waals surface area contributed by atoms with E-state index in [1.54, 1.807) is 6.20 Å². The van der Waals surface area contributed by atoms with Crippen LogP contribution in [0, 0.1) is 0 Å². The highest BCUT2D eigenvalue weighted by Gasteiger charge is 2.31. The lowest BCUT2D eigenvalue weighted by atomic mass is 9.99. The molecule has 0 saturated carbocycles. The first-order valence-corrected chi connectivity index (χ1v) is 7.48. The van der Waals surface area contributed by atoms with Crippen LogP contribution in [0.1, 0.15) is 28.9 Å². The van der Waals surface area contributed by atoms with Crippen LogP contribution in [0.3, 0.4) is 0 Å². The SMILES string of the molecule is CC(=O)n1cc([C@@H](N)c2ccc(OC(F)(F)F)cc2)c2ccccc21.Cl. The topological polar surface area (TPSA) is 57.2 Å². The standard InChI is InChI=1S/C18H15F3N2O2.ClH/c1-11(24)23-10-15(14-4-2-3-5-16(14)23)17(22)12-6-8-13(9-7-12)25-18(19,20)21;/h2-10,17H,22H2,1H3;1H/t17-;/m0./s1. The van der Waals surface area contributed by atoms with E-state index in [0.717, 1.165) is 16.5 Å². The molecule has 0 fully saturated rings. The summed E-state index contributed by atoms with van der Waals surface area (Å²) in [6.45, 7) is 1.45. The van der Waals surface area contributed by atoms with E-state index in [4.69, 9.17) is 5.73 Å². The molecule has 0 bridgehead atoms. The van der Waals surface area contributed by atoms with Crippen LogP contribution >= 0.6 is 12.4 Å².